The van der Waals surface area contributed by atoms with E-state index < -0.39 is 0 Å². The van der Waals surface area contributed by atoms with Gasteiger partial charge in [-0.15, -0.1) is 0 Å². The first kappa shape index (κ1) is 14.4. The van der Waals surface area contributed by atoms with Crippen LogP contribution in [0.1, 0.15) is 37.8 Å². The summed E-state index contributed by atoms with van der Waals surface area (Å²) in [6.07, 6.45) is 2.62. The smallest absolute Gasteiger partial charge is 0.0386 e. The fourth-order valence-electron chi connectivity index (χ4n) is 3.31. The fraction of sp³-hybridized carbons (Fsp3) is 0.647. The van der Waals surface area contributed by atoms with E-state index in [1.165, 1.54) is 36.2 Å². The third kappa shape index (κ3) is 2.79. The summed E-state index contributed by atoms with van der Waals surface area (Å²) in [7, 11) is 2.06. The van der Waals surface area contributed by atoms with Gasteiger partial charge in [0.05, 0.1) is 0 Å². The lowest BCUT2D eigenvalue weighted by molar-refractivity contribution is 0.234. The quantitative estimate of drug-likeness (QED) is 0.894. The maximum Gasteiger partial charge on any atom is 0.0386 e. The number of nitrogens with one attached hydrogen (secondary N) is 1. The van der Waals surface area contributed by atoms with Crippen LogP contribution in [-0.2, 0) is 0 Å². The maximum absolute atomic E-state index is 3.36. The van der Waals surface area contributed by atoms with Crippen LogP contribution in [0, 0.1) is 19.8 Å². The zero-order valence-corrected chi connectivity index (χ0v) is 13.1. The molecule has 0 radical (unpaired) electrons. The molecule has 0 aromatic heterocycles. The predicted molar refractivity (Wildman–Crippen MR) is 84.0 cm³/mol. The monoisotopic (exact) mass is 260 g/mol. The highest BCUT2D eigenvalue weighted by molar-refractivity contribution is 5.53. The molecule has 0 amide bonds. The average Bonchev–Trinajstić information content (AvgIpc) is 2.35. The van der Waals surface area contributed by atoms with Gasteiger partial charge in [0.15, 0.2) is 0 Å². The molecular weight excluding hydrogens is 232 g/mol. The second-order valence-electron chi connectivity index (χ2n) is 6.47. The Kier molecular flexibility index (Phi) is 4.19. The summed E-state index contributed by atoms with van der Waals surface area (Å²) in [5.74, 6) is 0.716. The van der Waals surface area contributed by atoms with E-state index in [1.54, 1.807) is 0 Å². The van der Waals surface area contributed by atoms with Crippen LogP contribution in [0.15, 0.2) is 18.2 Å². The average molecular weight is 260 g/mol. The van der Waals surface area contributed by atoms with Gasteiger partial charge in [-0.1, -0.05) is 6.07 Å². The molecule has 1 aromatic rings. The van der Waals surface area contributed by atoms with Crippen molar-refractivity contribution in [2.24, 2.45) is 5.92 Å². The van der Waals surface area contributed by atoms with Gasteiger partial charge in [0.2, 0.25) is 0 Å². The summed E-state index contributed by atoms with van der Waals surface area (Å²) in [6.45, 7) is 11.5. The van der Waals surface area contributed by atoms with E-state index in [9.17, 15) is 0 Å². The van der Waals surface area contributed by atoms with E-state index in [1.807, 2.05) is 0 Å². The third-order valence-corrected chi connectivity index (χ3v) is 4.88. The highest BCUT2D eigenvalue weighted by atomic mass is 15.2. The Morgan fingerprint density at radius 3 is 2.63 bits per heavy atom. The first-order valence-electron chi connectivity index (χ1n) is 7.46. The van der Waals surface area contributed by atoms with Gasteiger partial charge < -0.3 is 10.2 Å². The van der Waals surface area contributed by atoms with E-state index in [0.717, 1.165) is 6.54 Å². The molecule has 0 bridgehead atoms. The summed E-state index contributed by atoms with van der Waals surface area (Å²) in [6, 6.07) is 6.88. The number of aryl methyl sites for hydroxylation is 2. The minimum atomic E-state index is 0.225. The number of rotatable bonds is 3. The summed E-state index contributed by atoms with van der Waals surface area (Å²) in [5.41, 5.74) is 4.38. The Balaban J connectivity index is 2.29. The van der Waals surface area contributed by atoms with Crippen molar-refractivity contribution in [2.75, 3.05) is 25.0 Å². The van der Waals surface area contributed by atoms with Crippen molar-refractivity contribution < 1.29 is 0 Å². The molecule has 1 aliphatic rings. The molecule has 2 heteroatoms. The minimum absolute atomic E-state index is 0.225. The Morgan fingerprint density at radius 2 is 2.00 bits per heavy atom. The van der Waals surface area contributed by atoms with Gasteiger partial charge in [0.1, 0.15) is 0 Å². The lowest BCUT2D eigenvalue weighted by Crippen LogP contribution is -2.55. The van der Waals surface area contributed by atoms with Gasteiger partial charge in [0.25, 0.3) is 0 Å². The van der Waals surface area contributed by atoms with Gasteiger partial charge in [0, 0.05) is 17.8 Å². The van der Waals surface area contributed by atoms with Crippen LogP contribution in [0.3, 0.4) is 0 Å². The molecule has 1 atom stereocenters. The molecule has 1 fully saturated rings. The molecule has 1 aliphatic heterocycles. The summed E-state index contributed by atoms with van der Waals surface area (Å²) < 4.78 is 0. The van der Waals surface area contributed by atoms with Gasteiger partial charge in [-0.25, -0.2) is 0 Å². The number of nitrogens with zero attached hydrogens (tertiary/aromatic N) is 1. The number of benzene rings is 1. The summed E-state index contributed by atoms with van der Waals surface area (Å²) >= 11 is 0. The molecule has 1 unspecified atom stereocenters. The molecule has 0 saturated carbocycles. The predicted octanol–water partition coefficient (Wildman–Crippen LogP) is 3.52. The highest BCUT2D eigenvalue weighted by Crippen LogP contribution is 2.37. The molecule has 0 aliphatic carbocycles. The van der Waals surface area contributed by atoms with E-state index in [0.29, 0.717) is 5.92 Å². The van der Waals surface area contributed by atoms with E-state index in [4.69, 9.17) is 0 Å². The molecule has 1 saturated heterocycles. The van der Waals surface area contributed by atoms with Gasteiger partial charge in [-0.3, -0.25) is 0 Å². The van der Waals surface area contributed by atoms with Crippen LogP contribution in [0.4, 0.5) is 5.69 Å². The number of hydrogen-bond donors (Lipinski definition) is 1. The second-order valence-corrected chi connectivity index (χ2v) is 6.47. The Morgan fingerprint density at radius 1 is 1.26 bits per heavy atom. The highest BCUT2D eigenvalue weighted by Gasteiger charge is 2.38. The SMILES string of the molecule is CNCC1CCCN(c2ccc(C)c(C)c2)C1(C)C. The van der Waals surface area contributed by atoms with Crippen molar-refractivity contribution in [1.29, 1.82) is 0 Å². The Labute approximate surface area is 118 Å². The van der Waals surface area contributed by atoms with Crippen LogP contribution in [-0.4, -0.2) is 25.7 Å². The molecule has 19 heavy (non-hydrogen) atoms. The molecule has 1 aromatic carbocycles. The molecule has 2 nitrogen and oxygen atoms in total. The van der Waals surface area contributed by atoms with Crippen LogP contribution in [0.5, 0.6) is 0 Å². The van der Waals surface area contributed by atoms with Gasteiger partial charge in [-0.2, -0.15) is 0 Å². The minimum Gasteiger partial charge on any atom is -0.366 e. The fourth-order valence-corrected chi connectivity index (χ4v) is 3.31. The standard InChI is InChI=1S/C17H28N2/c1-13-8-9-16(11-14(13)2)19-10-6-7-15(12-18-5)17(19,3)4/h8-9,11,15,18H,6-7,10,12H2,1-5H3. The zero-order chi connectivity index (χ0) is 14.0. The van der Waals surface area contributed by atoms with Gasteiger partial charge >= 0.3 is 0 Å². The number of hydrogen-bond acceptors (Lipinski definition) is 2. The van der Waals surface area contributed by atoms with Crippen molar-refractivity contribution >= 4 is 5.69 Å². The van der Waals surface area contributed by atoms with Crippen LogP contribution in [0.25, 0.3) is 0 Å². The van der Waals surface area contributed by atoms with Crippen LogP contribution >= 0.6 is 0 Å². The topological polar surface area (TPSA) is 15.3 Å². The van der Waals surface area contributed by atoms with Crippen LogP contribution in [0.2, 0.25) is 0 Å². The van der Waals surface area contributed by atoms with E-state index in [-0.39, 0.29) is 5.54 Å². The molecular formula is C17H28N2. The lowest BCUT2D eigenvalue weighted by Gasteiger charge is -2.49. The Hall–Kier alpha value is -1.02. The van der Waals surface area contributed by atoms with Crippen molar-refractivity contribution in [2.45, 2.75) is 46.1 Å². The number of anilines is 1. The van der Waals surface area contributed by atoms with Crippen molar-refractivity contribution in [3.63, 3.8) is 0 Å². The van der Waals surface area contributed by atoms with E-state index >= 15 is 0 Å². The molecule has 106 valence electrons. The summed E-state index contributed by atoms with van der Waals surface area (Å²) in [5, 5.41) is 3.36. The first-order valence-corrected chi connectivity index (χ1v) is 7.46. The largest absolute Gasteiger partial charge is 0.366 e. The van der Waals surface area contributed by atoms with Crippen LogP contribution < -0.4 is 10.2 Å². The molecule has 2 rings (SSSR count). The normalized spacial score (nSPS) is 22.6. The van der Waals surface area contributed by atoms with Crippen molar-refractivity contribution in [1.82, 2.24) is 5.32 Å². The van der Waals surface area contributed by atoms with Gasteiger partial charge in [-0.05, 0) is 83.3 Å². The van der Waals surface area contributed by atoms with E-state index in [2.05, 4.69) is 63.2 Å². The van der Waals surface area contributed by atoms with Crippen molar-refractivity contribution in [3.05, 3.63) is 29.3 Å². The number of piperidine rings is 1. The molecule has 1 N–H and O–H groups in total. The zero-order valence-electron chi connectivity index (χ0n) is 13.1. The maximum atomic E-state index is 3.36. The first-order chi connectivity index (χ1) is 8.96. The summed E-state index contributed by atoms with van der Waals surface area (Å²) in [4.78, 5) is 2.60. The second kappa shape index (κ2) is 5.54. The van der Waals surface area contributed by atoms with Crippen molar-refractivity contribution in [3.8, 4) is 0 Å². The lowest BCUT2D eigenvalue weighted by atomic mass is 9.78. The Bertz CT molecular complexity index is 435. The molecule has 0 spiro atoms. The molecule has 1 heterocycles. The third-order valence-electron chi connectivity index (χ3n) is 4.88.